The Kier molecular flexibility index (Phi) is 3.86. The van der Waals surface area contributed by atoms with E-state index in [4.69, 9.17) is 11.6 Å². The SMILES string of the molecule is Cc1ccc(C[C@H]2NC(=O)c3cccc(Cl)c3NC2=O)cc1. The Bertz CT molecular complexity index is 741. The number of carbonyl (C=O) groups excluding carboxylic acids is 2. The Hall–Kier alpha value is -2.33. The Morgan fingerprint density at radius 1 is 1.09 bits per heavy atom. The first kappa shape index (κ1) is 14.6. The van der Waals surface area contributed by atoms with Crippen LogP contribution in [-0.2, 0) is 11.2 Å². The van der Waals surface area contributed by atoms with Gasteiger partial charge in [0.1, 0.15) is 6.04 Å². The molecule has 0 aliphatic carbocycles. The molecule has 0 aromatic heterocycles. The molecule has 1 atom stereocenters. The fraction of sp³-hybridized carbons (Fsp3) is 0.176. The molecule has 1 aliphatic heterocycles. The molecule has 22 heavy (non-hydrogen) atoms. The highest BCUT2D eigenvalue weighted by molar-refractivity contribution is 6.35. The van der Waals surface area contributed by atoms with Crippen LogP contribution in [0.2, 0.25) is 5.02 Å². The van der Waals surface area contributed by atoms with Crippen molar-refractivity contribution in [2.24, 2.45) is 0 Å². The van der Waals surface area contributed by atoms with Crippen LogP contribution < -0.4 is 10.6 Å². The highest BCUT2D eigenvalue weighted by Crippen LogP contribution is 2.28. The van der Waals surface area contributed by atoms with Gasteiger partial charge >= 0.3 is 0 Å². The topological polar surface area (TPSA) is 58.2 Å². The van der Waals surface area contributed by atoms with Gasteiger partial charge in [0.15, 0.2) is 0 Å². The number of carbonyl (C=O) groups is 2. The second-order valence-corrected chi connectivity index (χ2v) is 5.77. The minimum atomic E-state index is -0.626. The van der Waals surface area contributed by atoms with Crippen molar-refractivity contribution in [2.75, 3.05) is 5.32 Å². The van der Waals surface area contributed by atoms with Gasteiger partial charge in [-0.2, -0.15) is 0 Å². The molecule has 1 heterocycles. The summed E-state index contributed by atoms with van der Waals surface area (Å²) in [6, 6.07) is 12.2. The molecule has 0 radical (unpaired) electrons. The molecule has 4 nitrogen and oxygen atoms in total. The first-order chi connectivity index (χ1) is 10.5. The number of rotatable bonds is 2. The number of benzene rings is 2. The van der Waals surface area contributed by atoms with Crippen molar-refractivity contribution in [2.45, 2.75) is 19.4 Å². The predicted octanol–water partition coefficient (Wildman–Crippen LogP) is 2.94. The molecule has 0 fully saturated rings. The lowest BCUT2D eigenvalue weighted by Crippen LogP contribution is -2.42. The molecule has 0 spiro atoms. The Morgan fingerprint density at radius 2 is 1.82 bits per heavy atom. The number of amides is 2. The summed E-state index contributed by atoms with van der Waals surface area (Å²) in [5.74, 6) is -0.561. The van der Waals surface area contributed by atoms with Gasteiger partial charge in [0.05, 0.1) is 16.3 Å². The van der Waals surface area contributed by atoms with E-state index in [0.29, 0.717) is 22.7 Å². The minimum Gasteiger partial charge on any atom is -0.340 e. The van der Waals surface area contributed by atoms with Gasteiger partial charge in [0.25, 0.3) is 5.91 Å². The van der Waals surface area contributed by atoms with E-state index >= 15 is 0 Å². The van der Waals surface area contributed by atoms with Crippen molar-refractivity contribution in [3.8, 4) is 0 Å². The molecule has 2 N–H and O–H groups in total. The summed E-state index contributed by atoms with van der Waals surface area (Å²) in [6.45, 7) is 2.00. The molecule has 2 aromatic carbocycles. The second-order valence-electron chi connectivity index (χ2n) is 5.37. The second kappa shape index (κ2) is 5.81. The Labute approximate surface area is 133 Å². The van der Waals surface area contributed by atoms with E-state index in [9.17, 15) is 9.59 Å². The number of anilines is 1. The van der Waals surface area contributed by atoms with Gasteiger partial charge in [-0.05, 0) is 24.6 Å². The van der Waals surface area contributed by atoms with Crippen LogP contribution in [0.25, 0.3) is 0 Å². The van der Waals surface area contributed by atoms with Crippen LogP contribution >= 0.6 is 11.6 Å². The Morgan fingerprint density at radius 3 is 2.55 bits per heavy atom. The maximum Gasteiger partial charge on any atom is 0.254 e. The molecule has 0 saturated carbocycles. The van der Waals surface area contributed by atoms with Crippen LogP contribution in [-0.4, -0.2) is 17.9 Å². The van der Waals surface area contributed by atoms with Crippen molar-refractivity contribution < 1.29 is 9.59 Å². The number of halogens is 1. The van der Waals surface area contributed by atoms with Crippen molar-refractivity contribution in [1.29, 1.82) is 0 Å². The molecular weight excluding hydrogens is 300 g/mol. The lowest BCUT2D eigenvalue weighted by molar-refractivity contribution is -0.117. The molecule has 3 rings (SSSR count). The third-order valence-electron chi connectivity index (χ3n) is 3.69. The summed E-state index contributed by atoms with van der Waals surface area (Å²) in [5, 5.41) is 5.87. The third kappa shape index (κ3) is 2.83. The van der Waals surface area contributed by atoms with Crippen molar-refractivity contribution in [1.82, 2.24) is 5.32 Å². The molecule has 0 bridgehead atoms. The first-order valence-corrected chi connectivity index (χ1v) is 7.38. The number of nitrogens with one attached hydrogen (secondary N) is 2. The molecular formula is C17H15ClN2O2. The minimum absolute atomic E-state index is 0.263. The lowest BCUT2D eigenvalue weighted by atomic mass is 10.0. The number of hydrogen-bond donors (Lipinski definition) is 2. The smallest absolute Gasteiger partial charge is 0.254 e. The van der Waals surface area contributed by atoms with E-state index < -0.39 is 6.04 Å². The van der Waals surface area contributed by atoms with Gasteiger partial charge in [-0.25, -0.2) is 0 Å². The maximum atomic E-state index is 12.4. The molecule has 112 valence electrons. The van der Waals surface area contributed by atoms with Crippen LogP contribution in [0.1, 0.15) is 21.5 Å². The van der Waals surface area contributed by atoms with Crippen molar-refractivity contribution in [3.63, 3.8) is 0 Å². The largest absolute Gasteiger partial charge is 0.340 e. The van der Waals surface area contributed by atoms with Gasteiger partial charge in [0, 0.05) is 6.42 Å². The zero-order chi connectivity index (χ0) is 15.7. The van der Waals surface area contributed by atoms with E-state index in [1.165, 1.54) is 0 Å². The number of para-hydroxylation sites is 1. The maximum absolute atomic E-state index is 12.4. The first-order valence-electron chi connectivity index (χ1n) is 7.00. The summed E-state index contributed by atoms with van der Waals surface area (Å²) in [7, 11) is 0. The van der Waals surface area contributed by atoms with Crippen LogP contribution in [0.3, 0.4) is 0 Å². The third-order valence-corrected chi connectivity index (χ3v) is 4.00. The van der Waals surface area contributed by atoms with E-state index in [2.05, 4.69) is 10.6 Å². The molecule has 0 saturated heterocycles. The van der Waals surface area contributed by atoms with Gasteiger partial charge < -0.3 is 10.6 Å². The fourth-order valence-corrected chi connectivity index (χ4v) is 2.68. The molecule has 2 aromatic rings. The quantitative estimate of drug-likeness (QED) is 0.895. The van der Waals surface area contributed by atoms with E-state index in [1.807, 2.05) is 31.2 Å². The zero-order valence-corrected chi connectivity index (χ0v) is 12.8. The highest BCUT2D eigenvalue weighted by atomic mass is 35.5. The summed E-state index contributed by atoms with van der Waals surface area (Å²) in [5.41, 5.74) is 2.89. The van der Waals surface area contributed by atoms with E-state index in [-0.39, 0.29) is 11.8 Å². The summed E-state index contributed by atoms with van der Waals surface area (Å²) >= 11 is 6.08. The Balaban J connectivity index is 1.87. The predicted molar refractivity (Wildman–Crippen MR) is 86.2 cm³/mol. The fourth-order valence-electron chi connectivity index (χ4n) is 2.46. The van der Waals surface area contributed by atoms with Gasteiger partial charge in [-0.1, -0.05) is 47.5 Å². The molecule has 1 aliphatic rings. The van der Waals surface area contributed by atoms with Crippen molar-refractivity contribution in [3.05, 3.63) is 64.2 Å². The van der Waals surface area contributed by atoms with Crippen molar-refractivity contribution >= 4 is 29.1 Å². The zero-order valence-electron chi connectivity index (χ0n) is 12.0. The van der Waals surface area contributed by atoms with Crippen LogP contribution in [0, 0.1) is 6.92 Å². The van der Waals surface area contributed by atoms with Crippen LogP contribution in [0.4, 0.5) is 5.69 Å². The number of hydrogen-bond acceptors (Lipinski definition) is 2. The van der Waals surface area contributed by atoms with E-state index in [0.717, 1.165) is 11.1 Å². The average Bonchev–Trinajstić information content (AvgIpc) is 2.61. The lowest BCUT2D eigenvalue weighted by Gasteiger charge is -2.14. The molecule has 2 amide bonds. The van der Waals surface area contributed by atoms with Crippen LogP contribution in [0.15, 0.2) is 42.5 Å². The summed E-state index contributed by atoms with van der Waals surface area (Å²) < 4.78 is 0. The van der Waals surface area contributed by atoms with E-state index in [1.54, 1.807) is 18.2 Å². The monoisotopic (exact) mass is 314 g/mol. The van der Waals surface area contributed by atoms with Gasteiger partial charge in [0.2, 0.25) is 5.91 Å². The number of aryl methyl sites for hydroxylation is 1. The summed E-state index contributed by atoms with van der Waals surface area (Å²) in [4.78, 5) is 24.7. The normalized spacial score (nSPS) is 17.3. The van der Waals surface area contributed by atoms with Crippen LogP contribution in [0.5, 0.6) is 0 Å². The molecule has 0 unspecified atom stereocenters. The average molecular weight is 315 g/mol. The number of fused-ring (bicyclic) bond motifs is 1. The van der Waals surface area contributed by atoms with Gasteiger partial charge in [-0.3, -0.25) is 9.59 Å². The molecule has 5 heteroatoms. The van der Waals surface area contributed by atoms with Gasteiger partial charge in [-0.15, -0.1) is 0 Å². The standard InChI is InChI=1S/C17H15ClN2O2/c1-10-5-7-11(8-6-10)9-14-17(22)20-15-12(16(21)19-14)3-2-4-13(15)18/h2-8,14H,9H2,1H3,(H,19,21)(H,20,22)/t14-/m1/s1. The highest BCUT2D eigenvalue weighted by Gasteiger charge is 2.28. The summed E-state index contributed by atoms with van der Waals surface area (Å²) in [6.07, 6.45) is 0.434.